The quantitative estimate of drug-likeness (QED) is 0.668. The maximum atomic E-state index is 5.63. The van der Waals surface area contributed by atoms with E-state index in [2.05, 4.69) is 52.1 Å². The average Bonchev–Trinajstić information content (AvgIpc) is 2.44. The van der Waals surface area contributed by atoms with Crippen molar-refractivity contribution < 1.29 is 4.74 Å². The summed E-state index contributed by atoms with van der Waals surface area (Å²) in [6, 6.07) is 8.25. The van der Waals surface area contributed by atoms with E-state index >= 15 is 0 Å². The van der Waals surface area contributed by atoms with Crippen LogP contribution >= 0.6 is 15.9 Å². The van der Waals surface area contributed by atoms with Crippen LogP contribution < -0.4 is 5.32 Å². The average molecular weight is 329 g/mol. The second kappa shape index (κ2) is 10.4. The van der Waals surface area contributed by atoms with Crippen molar-refractivity contribution in [2.45, 2.75) is 20.5 Å². The number of halogens is 1. The summed E-state index contributed by atoms with van der Waals surface area (Å²) < 4.78 is 6.73. The molecule has 0 saturated carbocycles. The Morgan fingerprint density at radius 1 is 1.11 bits per heavy atom. The van der Waals surface area contributed by atoms with Gasteiger partial charge in [0.1, 0.15) is 0 Å². The lowest BCUT2D eigenvalue weighted by molar-refractivity contribution is 0.122. The highest BCUT2D eigenvalue weighted by atomic mass is 79.9. The molecule has 0 saturated heterocycles. The van der Waals surface area contributed by atoms with Crippen LogP contribution in [0.1, 0.15) is 19.4 Å². The smallest absolute Gasteiger partial charge is 0.0717 e. The second-order valence-electron chi connectivity index (χ2n) is 4.46. The fraction of sp³-hybridized carbons (Fsp3) is 0.600. The molecule has 0 aliphatic rings. The fourth-order valence-electron chi connectivity index (χ4n) is 1.82. The van der Waals surface area contributed by atoms with Gasteiger partial charge in [0.2, 0.25) is 0 Å². The second-order valence-corrected chi connectivity index (χ2v) is 5.37. The van der Waals surface area contributed by atoms with Gasteiger partial charge in [0, 0.05) is 24.1 Å². The van der Waals surface area contributed by atoms with Gasteiger partial charge in [0.25, 0.3) is 0 Å². The first kappa shape index (κ1) is 16.6. The van der Waals surface area contributed by atoms with E-state index in [1.54, 1.807) is 0 Å². The maximum Gasteiger partial charge on any atom is 0.0717 e. The van der Waals surface area contributed by atoms with E-state index in [4.69, 9.17) is 4.74 Å². The maximum absolute atomic E-state index is 5.63. The summed E-state index contributed by atoms with van der Waals surface area (Å²) in [6.45, 7) is 11.1. The third-order valence-electron chi connectivity index (χ3n) is 3.10. The monoisotopic (exact) mass is 328 g/mol. The van der Waals surface area contributed by atoms with Crippen molar-refractivity contribution in [1.29, 1.82) is 0 Å². The van der Waals surface area contributed by atoms with Crippen LogP contribution in [0.5, 0.6) is 0 Å². The summed E-state index contributed by atoms with van der Waals surface area (Å²) in [7, 11) is 0. The van der Waals surface area contributed by atoms with Crippen LogP contribution in [0, 0.1) is 0 Å². The van der Waals surface area contributed by atoms with E-state index in [0.717, 1.165) is 43.8 Å². The molecule has 1 aromatic carbocycles. The highest BCUT2D eigenvalue weighted by Gasteiger charge is 1.97. The van der Waals surface area contributed by atoms with Gasteiger partial charge >= 0.3 is 0 Å². The first-order chi connectivity index (χ1) is 9.26. The van der Waals surface area contributed by atoms with Crippen LogP contribution in [0.15, 0.2) is 28.7 Å². The van der Waals surface area contributed by atoms with E-state index in [0.29, 0.717) is 6.61 Å². The number of benzene rings is 1. The van der Waals surface area contributed by atoms with Crippen molar-refractivity contribution in [3.63, 3.8) is 0 Å². The topological polar surface area (TPSA) is 24.5 Å². The first-order valence-corrected chi connectivity index (χ1v) is 7.80. The standard InChI is InChI=1S/C15H25BrN2O/c1-3-18(4-2)11-9-17-10-12-19-13-14-5-7-15(16)8-6-14/h5-8,17H,3-4,9-13H2,1-2H3. The molecular weight excluding hydrogens is 304 g/mol. The highest BCUT2D eigenvalue weighted by molar-refractivity contribution is 9.10. The van der Waals surface area contributed by atoms with Gasteiger partial charge in [0.15, 0.2) is 0 Å². The molecule has 3 nitrogen and oxygen atoms in total. The SMILES string of the molecule is CCN(CC)CCNCCOCc1ccc(Br)cc1. The summed E-state index contributed by atoms with van der Waals surface area (Å²) in [5, 5.41) is 3.41. The number of rotatable bonds is 10. The Hall–Kier alpha value is -0.420. The zero-order valence-corrected chi connectivity index (χ0v) is 13.6. The Balaban J connectivity index is 1.98. The third-order valence-corrected chi connectivity index (χ3v) is 3.63. The lowest BCUT2D eigenvalue weighted by Gasteiger charge is -2.17. The lowest BCUT2D eigenvalue weighted by atomic mass is 10.2. The molecule has 19 heavy (non-hydrogen) atoms. The molecule has 0 atom stereocenters. The van der Waals surface area contributed by atoms with Gasteiger partial charge in [-0.3, -0.25) is 0 Å². The lowest BCUT2D eigenvalue weighted by Crippen LogP contribution is -2.33. The van der Waals surface area contributed by atoms with E-state index in [1.165, 1.54) is 5.56 Å². The van der Waals surface area contributed by atoms with Crippen LogP contribution in [-0.4, -0.2) is 44.2 Å². The predicted molar refractivity (Wildman–Crippen MR) is 84.5 cm³/mol. The molecule has 0 aliphatic heterocycles. The van der Waals surface area contributed by atoms with E-state index in [9.17, 15) is 0 Å². The summed E-state index contributed by atoms with van der Waals surface area (Å²) in [5.41, 5.74) is 1.21. The van der Waals surface area contributed by atoms with Crippen LogP contribution in [0.4, 0.5) is 0 Å². The molecular formula is C15H25BrN2O. The zero-order chi connectivity index (χ0) is 13.9. The van der Waals surface area contributed by atoms with Crippen LogP contribution in [-0.2, 0) is 11.3 Å². The molecule has 0 fully saturated rings. The minimum Gasteiger partial charge on any atom is -0.375 e. The highest BCUT2D eigenvalue weighted by Crippen LogP contribution is 2.10. The summed E-state index contributed by atoms with van der Waals surface area (Å²) in [4.78, 5) is 2.41. The van der Waals surface area contributed by atoms with Crippen LogP contribution in [0.3, 0.4) is 0 Å². The Morgan fingerprint density at radius 2 is 1.79 bits per heavy atom. The number of ether oxygens (including phenoxy) is 1. The Bertz CT molecular complexity index is 325. The van der Waals surface area contributed by atoms with Gasteiger partial charge in [-0.25, -0.2) is 0 Å². The number of hydrogen-bond acceptors (Lipinski definition) is 3. The molecule has 4 heteroatoms. The molecule has 0 radical (unpaired) electrons. The molecule has 0 heterocycles. The molecule has 0 aliphatic carbocycles. The Labute approximate surface area is 125 Å². The Kier molecular flexibility index (Phi) is 9.08. The molecule has 1 aromatic rings. The van der Waals surface area contributed by atoms with Crippen LogP contribution in [0.2, 0.25) is 0 Å². The van der Waals surface area contributed by atoms with Crippen molar-refractivity contribution >= 4 is 15.9 Å². The van der Waals surface area contributed by atoms with Gasteiger partial charge in [-0.2, -0.15) is 0 Å². The van der Waals surface area contributed by atoms with Gasteiger partial charge in [-0.15, -0.1) is 0 Å². The van der Waals surface area contributed by atoms with Crippen molar-refractivity contribution in [2.24, 2.45) is 0 Å². The molecule has 0 amide bonds. The van der Waals surface area contributed by atoms with Crippen molar-refractivity contribution in [1.82, 2.24) is 10.2 Å². The van der Waals surface area contributed by atoms with Gasteiger partial charge in [0.05, 0.1) is 13.2 Å². The zero-order valence-electron chi connectivity index (χ0n) is 12.0. The number of hydrogen-bond donors (Lipinski definition) is 1. The van der Waals surface area contributed by atoms with E-state index < -0.39 is 0 Å². The molecule has 1 N–H and O–H groups in total. The molecule has 0 unspecified atom stereocenters. The third kappa shape index (κ3) is 7.67. The normalized spacial score (nSPS) is 11.2. The predicted octanol–water partition coefficient (Wildman–Crippen LogP) is 2.90. The molecule has 0 aromatic heterocycles. The molecule has 1 rings (SSSR count). The van der Waals surface area contributed by atoms with Crippen LogP contribution in [0.25, 0.3) is 0 Å². The molecule has 108 valence electrons. The molecule has 0 spiro atoms. The van der Waals surface area contributed by atoms with Gasteiger partial charge in [-0.05, 0) is 30.8 Å². The number of nitrogens with zero attached hydrogens (tertiary/aromatic N) is 1. The number of likely N-dealkylation sites (N-methyl/N-ethyl adjacent to an activating group) is 1. The summed E-state index contributed by atoms with van der Waals surface area (Å²) >= 11 is 3.42. The largest absolute Gasteiger partial charge is 0.375 e. The van der Waals surface area contributed by atoms with E-state index in [1.807, 2.05) is 12.1 Å². The van der Waals surface area contributed by atoms with Crippen molar-refractivity contribution in [3.8, 4) is 0 Å². The minimum absolute atomic E-state index is 0.686. The van der Waals surface area contributed by atoms with Crippen molar-refractivity contribution in [2.75, 3.05) is 39.3 Å². The van der Waals surface area contributed by atoms with Crippen molar-refractivity contribution in [3.05, 3.63) is 34.3 Å². The van der Waals surface area contributed by atoms with E-state index in [-0.39, 0.29) is 0 Å². The molecule has 0 bridgehead atoms. The summed E-state index contributed by atoms with van der Waals surface area (Å²) in [6.07, 6.45) is 0. The minimum atomic E-state index is 0.686. The van der Waals surface area contributed by atoms with Gasteiger partial charge in [-0.1, -0.05) is 41.9 Å². The Morgan fingerprint density at radius 3 is 2.42 bits per heavy atom. The first-order valence-electron chi connectivity index (χ1n) is 7.01. The van der Waals surface area contributed by atoms with Gasteiger partial charge < -0.3 is 15.0 Å². The summed E-state index contributed by atoms with van der Waals surface area (Å²) in [5.74, 6) is 0. The number of nitrogens with one attached hydrogen (secondary N) is 1. The fourth-order valence-corrected chi connectivity index (χ4v) is 2.08.